The highest BCUT2D eigenvalue weighted by Gasteiger charge is 2.19. The van der Waals surface area contributed by atoms with Crippen LogP contribution in [0.25, 0.3) is 0 Å². The second-order valence-electron chi connectivity index (χ2n) is 6.46. The molecule has 1 N–H and O–H groups in total. The zero-order valence-corrected chi connectivity index (χ0v) is 16.7. The molecule has 0 bridgehead atoms. The second-order valence-corrected chi connectivity index (χ2v) is 7.25. The second kappa shape index (κ2) is 8.71. The molecule has 0 saturated carbocycles. The van der Waals surface area contributed by atoms with Gasteiger partial charge in [-0.3, -0.25) is 4.90 Å². The van der Waals surface area contributed by atoms with Crippen molar-refractivity contribution in [2.24, 2.45) is 0 Å². The van der Waals surface area contributed by atoms with E-state index >= 15 is 0 Å². The van der Waals surface area contributed by atoms with Gasteiger partial charge in [-0.15, -0.1) is 0 Å². The Hall–Kier alpha value is -1.82. The summed E-state index contributed by atoms with van der Waals surface area (Å²) in [5.74, 6) is 0.906. The Bertz CT molecular complexity index is 775. The molecular weight excluding hydrogens is 366 g/mol. The molecule has 0 aromatic heterocycles. The van der Waals surface area contributed by atoms with Gasteiger partial charge in [0.05, 0.1) is 7.11 Å². The lowest BCUT2D eigenvalue weighted by atomic mass is 10.2. The summed E-state index contributed by atoms with van der Waals surface area (Å²) in [6, 6.07) is 14.1. The molecule has 3 rings (SSSR count). The summed E-state index contributed by atoms with van der Waals surface area (Å²) in [5, 5.41) is 4.85. The zero-order valence-electron chi connectivity index (χ0n) is 15.2. The standard InChI is InChI=1S/C20H24ClN3OS/c1-15-18(21)7-4-8-19(15)22-20(26)24-11-9-23(10-12-24)14-16-5-3-6-17(13-16)25-2/h3-8,13H,9-12,14H2,1-2H3,(H,22,26). The first-order valence-corrected chi connectivity index (χ1v) is 9.52. The van der Waals surface area contributed by atoms with Gasteiger partial charge in [0.1, 0.15) is 5.75 Å². The van der Waals surface area contributed by atoms with Crippen molar-refractivity contribution in [1.29, 1.82) is 0 Å². The maximum Gasteiger partial charge on any atom is 0.173 e. The van der Waals surface area contributed by atoms with E-state index in [2.05, 4.69) is 27.2 Å². The minimum absolute atomic E-state index is 0.751. The minimum atomic E-state index is 0.751. The lowest BCUT2D eigenvalue weighted by Crippen LogP contribution is -2.49. The van der Waals surface area contributed by atoms with E-state index in [4.69, 9.17) is 28.6 Å². The molecule has 0 atom stereocenters. The van der Waals surface area contributed by atoms with Crippen LogP contribution in [0.3, 0.4) is 0 Å². The number of nitrogens with zero attached hydrogens (tertiary/aromatic N) is 2. The Kier molecular flexibility index (Phi) is 6.35. The van der Waals surface area contributed by atoms with Gasteiger partial charge in [-0.25, -0.2) is 0 Å². The number of nitrogens with one attached hydrogen (secondary N) is 1. The smallest absolute Gasteiger partial charge is 0.173 e. The van der Waals surface area contributed by atoms with Crippen molar-refractivity contribution >= 4 is 34.6 Å². The van der Waals surface area contributed by atoms with Gasteiger partial charge in [0.25, 0.3) is 0 Å². The van der Waals surface area contributed by atoms with Crippen LogP contribution in [0.2, 0.25) is 5.02 Å². The lowest BCUT2D eigenvalue weighted by Gasteiger charge is -2.36. The molecule has 2 aromatic carbocycles. The van der Waals surface area contributed by atoms with Gasteiger partial charge in [0.2, 0.25) is 0 Å². The largest absolute Gasteiger partial charge is 0.497 e. The Labute approximate surface area is 165 Å². The molecule has 6 heteroatoms. The predicted molar refractivity (Wildman–Crippen MR) is 112 cm³/mol. The van der Waals surface area contributed by atoms with E-state index in [-0.39, 0.29) is 0 Å². The molecule has 138 valence electrons. The SMILES string of the molecule is COc1cccc(CN2CCN(C(=S)Nc3cccc(Cl)c3C)CC2)c1. The molecular formula is C20H24ClN3OS. The summed E-state index contributed by atoms with van der Waals surface area (Å²) in [6.07, 6.45) is 0. The summed E-state index contributed by atoms with van der Waals surface area (Å²) in [6.45, 7) is 6.71. The third-order valence-electron chi connectivity index (χ3n) is 4.71. The average Bonchev–Trinajstić information content (AvgIpc) is 2.66. The molecule has 1 saturated heterocycles. The summed E-state index contributed by atoms with van der Waals surface area (Å²) < 4.78 is 5.31. The fraction of sp³-hybridized carbons (Fsp3) is 0.350. The van der Waals surface area contributed by atoms with Crippen LogP contribution in [0, 0.1) is 6.92 Å². The first-order chi connectivity index (χ1) is 12.6. The third-order valence-corrected chi connectivity index (χ3v) is 5.48. The number of methoxy groups -OCH3 is 1. The van der Waals surface area contributed by atoms with Gasteiger partial charge in [0, 0.05) is 43.4 Å². The quantitative estimate of drug-likeness (QED) is 0.792. The maximum atomic E-state index is 6.19. The average molecular weight is 390 g/mol. The van der Waals surface area contributed by atoms with Crippen LogP contribution in [0.1, 0.15) is 11.1 Å². The molecule has 1 aliphatic heterocycles. The fourth-order valence-electron chi connectivity index (χ4n) is 3.08. The number of ether oxygens (including phenoxy) is 1. The van der Waals surface area contributed by atoms with E-state index in [0.29, 0.717) is 0 Å². The number of benzene rings is 2. The van der Waals surface area contributed by atoms with Crippen molar-refractivity contribution in [3.63, 3.8) is 0 Å². The highest BCUT2D eigenvalue weighted by molar-refractivity contribution is 7.80. The predicted octanol–water partition coefficient (Wildman–Crippen LogP) is 4.17. The van der Waals surface area contributed by atoms with Crippen molar-refractivity contribution in [1.82, 2.24) is 9.80 Å². The number of rotatable bonds is 4. The van der Waals surface area contributed by atoms with E-state index in [1.807, 2.05) is 37.3 Å². The first kappa shape index (κ1) is 19.0. The zero-order chi connectivity index (χ0) is 18.5. The summed E-state index contributed by atoms with van der Waals surface area (Å²) in [7, 11) is 1.70. The maximum absolute atomic E-state index is 6.19. The highest BCUT2D eigenvalue weighted by atomic mass is 35.5. The monoisotopic (exact) mass is 389 g/mol. The molecule has 4 nitrogen and oxygen atoms in total. The molecule has 0 aliphatic carbocycles. The molecule has 1 aliphatic rings. The number of halogens is 1. The van der Waals surface area contributed by atoms with E-state index in [1.54, 1.807) is 7.11 Å². The molecule has 26 heavy (non-hydrogen) atoms. The van der Waals surface area contributed by atoms with Gasteiger partial charge in [-0.2, -0.15) is 0 Å². The van der Waals surface area contributed by atoms with Crippen LogP contribution in [-0.2, 0) is 6.54 Å². The normalized spacial score (nSPS) is 15.0. The Balaban J connectivity index is 1.53. The number of piperazine rings is 1. The Morgan fingerprint density at radius 3 is 2.62 bits per heavy atom. The first-order valence-electron chi connectivity index (χ1n) is 8.73. The Morgan fingerprint density at radius 1 is 1.15 bits per heavy atom. The molecule has 2 aromatic rings. The highest BCUT2D eigenvalue weighted by Crippen LogP contribution is 2.23. The number of hydrogen-bond acceptors (Lipinski definition) is 3. The summed E-state index contributed by atoms with van der Waals surface area (Å²) >= 11 is 11.8. The van der Waals surface area contributed by atoms with Crippen LogP contribution < -0.4 is 10.1 Å². The van der Waals surface area contributed by atoms with Crippen LogP contribution in [-0.4, -0.2) is 48.2 Å². The van der Waals surface area contributed by atoms with Crippen LogP contribution in [0.4, 0.5) is 5.69 Å². The third kappa shape index (κ3) is 4.67. The molecule has 0 spiro atoms. The van der Waals surface area contributed by atoms with Crippen LogP contribution in [0.5, 0.6) is 5.75 Å². The van der Waals surface area contributed by atoms with Gasteiger partial charge in [0.15, 0.2) is 5.11 Å². The van der Waals surface area contributed by atoms with Crippen molar-refractivity contribution in [3.8, 4) is 5.75 Å². The number of anilines is 1. The van der Waals surface area contributed by atoms with Gasteiger partial charge >= 0.3 is 0 Å². The fourth-order valence-corrected chi connectivity index (χ4v) is 3.54. The van der Waals surface area contributed by atoms with Gasteiger partial charge < -0.3 is 15.0 Å². The van der Waals surface area contributed by atoms with Crippen LogP contribution in [0.15, 0.2) is 42.5 Å². The lowest BCUT2D eigenvalue weighted by molar-refractivity contribution is 0.177. The molecule has 1 heterocycles. The van der Waals surface area contributed by atoms with Crippen molar-refractivity contribution in [2.45, 2.75) is 13.5 Å². The van der Waals surface area contributed by atoms with E-state index in [0.717, 1.165) is 59.9 Å². The molecule has 0 radical (unpaired) electrons. The number of hydrogen-bond donors (Lipinski definition) is 1. The van der Waals surface area contributed by atoms with Gasteiger partial charge in [-0.05, 0) is 54.5 Å². The number of thiocarbonyl (C=S) groups is 1. The molecule has 0 amide bonds. The van der Waals surface area contributed by atoms with E-state index in [1.165, 1.54) is 5.56 Å². The van der Waals surface area contributed by atoms with Crippen molar-refractivity contribution in [3.05, 3.63) is 58.6 Å². The summed E-state index contributed by atoms with van der Waals surface area (Å²) in [5.41, 5.74) is 3.27. The Morgan fingerprint density at radius 2 is 1.88 bits per heavy atom. The van der Waals surface area contributed by atoms with Crippen LogP contribution >= 0.6 is 23.8 Å². The topological polar surface area (TPSA) is 27.7 Å². The van der Waals surface area contributed by atoms with Gasteiger partial charge in [-0.1, -0.05) is 29.8 Å². The molecule has 1 fully saturated rings. The summed E-state index contributed by atoms with van der Waals surface area (Å²) in [4.78, 5) is 4.66. The molecule has 0 unspecified atom stereocenters. The van der Waals surface area contributed by atoms with Crippen molar-refractivity contribution in [2.75, 3.05) is 38.6 Å². The minimum Gasteiger partial charge on any atom is -0.497 e. The van der Waals surface area contributed by atoms with E-state index < -0.39 is 0 Å². The van der Waals surface area contributed by atoms with Crippen molar-refractivity contribution < 1.29 is 4.74 Å². The van der Waals surface area contributed by atoms with E-state index in [9.17, 15) is 0 Å².